The van der Waals surface area contributed by atoms with E-state index < -0.39 is 17.9 Å². The number of fused-ring (bicyclic) bond motifs is 1. The predicted molar refractivity (Wildman–Crippen MR) is 120 cm³/mol. The predicted octanol–water partition coefficient (Wildman–Crippen LogP) is 3.88. The molecule has 0 spiro atoms. The third kappa shape index (κ3) is 5.00. The Morgan fingerprint density at radius 1 is 1.18 bits per heavy atom. The van der Waals surface area contributed by atoms with Crippen molar-refractivity contribution < 1.29 is 18.3 Å². The van der Waals surface area contributed by atoms with E-state index in [0.29, 0.717) is 30.0 Å². The summed E-state index contributed by atoms with van der Waals surface area (Å²) in [6.45, 7) is 3.11. The second kappa shape index (κ2) is 9.22. The number of aliphatic hydroxyl groups is 1. The molecular formula is C23H25F3N6O. The van der Waals surface area contributed by atoms with Crippen LogP contribution in [0, 0.1) is 6.92 Å². The van der Waals surface area contributed by atoms with E-state index >= 15 is 0 Å². The van der Waals surface area contributed by atoms with Crippen molar-refractivity contribution in [3.05, 3.63) is 70.9 Å². The van der Waals surface area contributed by atoms with Crippen LogP contribution < -0.4 is 16.0 Å². The first kappa shape index (κ1) is 22.8. The van der Waals surface area contributed by atoms with Gasteiger partial charge in [-0.25, -0.2) is 9.97 Å². The highest BCUT2D eigenvalue weighted by atomic mass is 19.4. The fraction of sp³-hybridized carbons (Fsp3) is 0.348. The average Bonchev–Trinajstić information content (AvgIpc) is 2.78. The second-order valence-electron chi connectivity index (χ2n) is 8.07. The molecule has 0 saturated heterocycles. The van der Waals surface area contributed by atoms with Crippen LogP contribution in [0.1, 0.15) is 40.5 Å². The number of rotatable bonds is 6. The highest BCUT2D eigenvalue weighted by Crippen LogP contribution is 2.33. The molecule has 1 aliphatic rings. The minimum absolute atomic E-state index is 0.155. The Bertz CT molecular complexity index is 1120. The maximum Gasteiger partial charge on any atom is 0.433 e. The smallest absolute Gasteiger partial charge is 0.397 e. The van der Waals surface area contributed by atoms with Gasteiger partial charge in [0.25, 0.3) is 0 Å². The number of nitrogens with zero attached hydrogens (tertiary/aromatic N) is 4. The Morgan fingerprint density at radius 3 is 2.67 bits per heavy atom. The molecule has 174 valence electrons. The normalized spacial score (nSPS) is 14.6. The van der Waals surface area contributed by atoms with Crippen LogP contribution in [0.4, 0.5) is 30.4 Å². The topological polar surface area (TPSA) is 100 Å². The first-order chi connectivity index (χ1) is 15.8. The highest BCUT2D eigenvalue weighted by Gasteiger charge is 2.32. The lowest BCUT2D eigenvalue weighted by molar-refractivity contribution is -0.141. The van der Waals surface area contributed by atoms with Crippen molar-refractivity contribution in [2.24, 2.45) is 0 Å². The summed E-state index contributed by atoms with van der Waals surface area (Å²) in [7, 11) is 0. The molecule has 1 atom stereocenters. The summed E-state index contributed by atoms with van der Waals surface area (Å²) in [4.78, 5) is 14.5. The molecule has 0 unspecified atom stereocenters. The van der Waals surface area contributed by atoms with E-state index in [4.69, 9.17) is 5.73 Å². The largest absolute Gasteiger partial charge is 0.433 e. The van der Waals surface area contributed by atoms with Crippen LogP contribution in [0.15, 0.2) is 42.9 Å². The third-order valence-corrected chi connectivity index (χ3v) is 5.73. The molecule has 0 amide bonds. The van der Waals surface area contributed by atoms with Crippen molar-refractivity contribution in [2.45, 2.75) is 38.5 Å². The fourth-order valence-electron chi connectivity index (χ4n) is 4.03. The van der Waals surface area contributed by atoms with Crippen LogP contribution in [0.25, 0.3) is 0 Å². The number of pyridine rings is 1. The molecule has 3 aromatic rings. The van der Waals surface area contributed by atoms with E-state index in [1.165, 1.54) is 18.6 Å². The van der Waals surface area contributed by atoms with E-state index in [1.54, 1.807) is 0 Å². The van der Waals surface area contributed by atoms with Crippen LogP contribution >= 0.6 is 0 Å². The quantitative estimate of drug-likeness (QED) is 0.482. The highest BCUT2D eigenvalue weighted by molar-refractivity contribution is 5.69. The molecule has 0 fully saturated rings. The Hall–Kier alpha value is -3.40. The number of nitrogen functional groups attached to an aromatic ring is 1. The number of aryl methyl sites for hydroxylation is 1. The van der Waals surface area contributed by atoms with Gasteiger partial charge in [-0.2, -0.15) is 13.2 Å². The Morgan fingerprint density at radius 2 is 2.00 bits per heavy atom. The van der Waals surface area contributed by atoms with Gasteiger partial charge in [0.15, 0.2) is 0 Å². The number of nitrogens with two attached hydrogens (primary N) is 1. The number of alkyl halides is 3. The molecule has 7 nitrogen and oxygen atoms in total. The van der Waals surface area contributed by atoms with Gasteiger partial charge in [0.2, 0.25) is 0 Å². The van der Waals surface area contributed by atoms with Gasteiger partial charge in [-0.05, 0) is 42.7 Å². The molecule has 10 heteroatoms. The summed E-state index contributed by atoms with van der Waals surface area (Å²) in [6, 6.07) is 7.78. The van der Waals surface area contributed by atoms with E-state index in [0.717, 1.165) is 35.1 Å². The average molecular weight is 458 g/mol. The standard InChI is InChI=1S/C23H25F3N6O/c1-14-2-4-20(17(27)10-14)32-8-6-19-16(12-32)22(30-13-29-19)31-18(7-9-33)15-3-5-21(28-11-15)23(24,25)26/h2-5,10-11,13,18,33H,6-9,12,27H2,1H3,(H,29,30,31)/t18-/m1/s1. The van der Waals surface area contributed by atoms with E-state index in [-0.39, 0.29) is 13.0 Å². The van der Waals surface area contributed by atoms with Crippen LogP contribution in [0.2, 0.25) is 0 Å². The van der Waals surface area contributed by atoms with E-state index in [1.807, 2.05) is 25.1 Å². The van der Waals surface area contributed by atoms with Crippen molar-refractivity contribution in [3.63, 3.8) is 0 Å². The van der Waals surface area contributed by atoms with Crippen LogP contribution in [0.5, 0.6) is 0 Å². The molecule has 4 N–H and O–H groups in total. The number of nitrogens with one attached hydrogen (secondary N) is 1. The summed E-state index contributed by atoms with van der Waals surface area (Å²) >= 11 is 0. The molecular weight excluding hydrogens is 433 g/mol. The van der Waals surface area contributed by atoms with E-state index in [9.17, 15) is 18.3 Å². The van der Waals surface area contributed by atoms with Gasteiger partial charge in [0.1, 0.15) is 17.8 Å². The molecule has 0 bridgehead atoms. The maximum atomic E-state index is 12.9. The van der Waals surface area contributed by atoms with Crippen molar-refractivity contribution in [1.29, 1.82) is 0 Å². The lowest BCUT2D eigenvalue weighted by Crippen LogP contribution is -2.32. The number of anilines is 3. The third-order valence-electron chi connectivity index (χ3n) is 5.73. The van der Waals surface area contributed by atoms with Gasteiger partial charge in [-0.1, -0.05) is 12.1 Å². The SMILES string of the molecule is Cc1ccc(N2CCc3ncnc(N[C@H](CCO)c4ccc(C(F)(F)F)nc4)c3C2)c(N)c1. The zero-order valence-corrected chi connectivity index (χ0v) is 18.1. The van der Waals surface area contributed by atoms with Gasteiger partial charge in [-0.3, -0.25) is 4.98 Å². The van der Waals surface area contributed by atoms with Crippen LogP contribution in [0.3, 0.4) is 0 Å². The van der Waals surface area contributed by atoms with Crippen molar-refractivity contribution in [3.8, 4) is 0 Å². The van der Waals surface area contributed by atoms with Gasteiger partial charge in [-0.15, -0.1) is 0 Å². The number of hydrogen-bond acceptors (Lipinski definition) is 7. The summed E-state index contributed by atoms with van der Waals surface area (Å²) in [5.41, 5.74) is 10.3. The Kier molecular flexibility index (Phi) is 6.37. The number of aromatic nitrogens is 3. The van der Waals surface area contributed by atoms with Gasteiger partial charge in [0, 0.05) is 37.9 Å². The zero-order valence-electron chi connectivity index (χ0n) is 18.1. The number of halogens is 3. The first-order valence-electron chi connectivity index (χ1n) is 10.6. The lowest BCUT2D eigenvalue weighted by atomic mass is 10.0. The van der Waals surface area contributed by atoms with Gasteiger partial charge < -0.3 is 21.1 Å². The Labute approximate surface area is 189 Å². The molecule has 33 heavy (non-hydrogen) atoms. The van der Waals surface area contributed by atoms with Crippen molar-refractivity contribution >= 4 is 17.2 Å². The van der Waals surface area contributed by atoms with Gasteiger partial charge in [0.05, 0.1) is 23.1 Å². The number of hydrogen-bond donors (Lipinski definition) is 3. The van der Waals surface area contributed by atoms with Crippen molar-refractivity contribution in [1.82, 2.24) is 15.0 Å². The number of benzene rings is 1. The van der Waals surface area contributed by atoms with E-state index in [2.05, 4.69) is 25.2 Å². The molecule has 1 aliphatic heterocycles. The molecule has 3 heterocycles. The monoisotopic (exact) mass is 458 g/mol. The van der Waals surface area contributed by atoms with Crippen LogP contribution in [-0.2, 0) is 19.1 Å². The molecule has 1 aromatic carbocycles. The molecule has 0 radical (unpaired) electrons. The second-order valence-corrected chi connectivity index (χ2v) is 8.07. The minimum Gasteiger partial charge on any atom is -0.397 e. The summed E-state index contributed by atoms with van der Waals surface area (Å²) in [5.74, 6) is 0.578. The zero-order chi connectivity index (χ0) is 23.6. The summed E-state index contributed by atoms with van der Waals surface area (Å²) < 4.78 is 38.6. The molecule has 2 aromatic heterocycles. The first-order valence-corrected chi connectivity index (χ1v) is 10.6. The lowest BCUT2D eigenvalue weighted by Gasteiger charge is -2.32. The molecule has 4 rings (SSSR count). The summed E-state index contributed by atoms with van der Waals surface area (Å²) in [6.07, 6.45) is -0.876. The summed E-state index contributed by atoms with van der Waals surface area (Å²) in [5, 5.41) is 12.8. The molecule has 0 saturated carbocycles. The van der Waals surface area contributed by atoms with Crippen LogP contribution in [-0.4, -0.2) is 33.2 Å². The number of aliphatic hydroxyl groups excluding tert-OH is 1. The fourth-order valence-corrected chi connectivity index (χ4v) is 4.03. The Balaban J connectivity index is 1.60. The minimum atomic E-state index is -4.51. The van der Waals surface area contributed by atoms with Gasteiger partial charge >= 0.3 is 6.18 Å². The van der Waals surface area contributed by atoms with Crippen molar-refractivity contribution in [2.75, 3.05) is 29.1 Å². The maximum absolute atomic E-state index is 12.9. The molecule has 0 aliphatic carbocycles.